The molecule has 100 valence electrons. The zero-order chi connectivity index (χ0) is 13.8. The summed E-state index contributed by atoms with van der Waals surface area (Å²) in [4.78, 5) is 8.98. The van der Waals surface area contributed by atoms with Gasteiger partial charge < -0.3 is 5.32 Å². The summed E-state index contributed by atoms with van der Waals surface area (Å²) in [5.74, 6) is 0.423. The topological polar surface area (TPSA) is 37.8 Å². The summed E-state index contributed by atoms with van der Waals surface area (Å²) in [5.41, 5.74) is 3.59. The number of aryl methyl sites for hydroxylation is 2. The van der Waals surface area contributed by atoms with Crippen LogP contribution in [0.3, 0.4) is 0 Å². The molecule has 0 aliphatic carbocycles. The van der Waals surface area contributed by atoms with E-state index in [4.69, 9.17) is 0 Å². The Kier molecular flexibility index (Phi) is 4.22. The van der Waals surface area contributed by atoms with Crippen LogP contribution in [0.25, 0.3) is 11.4 Å². The van der Waals surface area contributed by atoms with Crippen molar-refractivity contribution >= 4 is 0 Å². The Bertz CT molecular complexity index is 582. The molecule has 0 spiro atoms. The van der Waals surface area contributed by atoms with Gasteiger partial charge in [-0.3, -0.25) is 0 Å². The molecule has 1 N–H and O–H groups in total. The lowest BCUT2D eigenvalue weighted by atomic mass is 10.1. The second-order valence-corrected chi connectivity index (χ2v) is 4.56. The maximum atomic E-state index is 13.1. The van der Waals surface area contributed by atoms with Gasteiger partial charge in [0.05, 0.1) is 5.69 Å². The summed E-state index contributed by atoms with van der Waals surface area (Å²) >= 11 is 0. The maximum absolute atomic E-state index is 13.1. The van der Waals surface area contributed by atoms with Crippen LogP contribution < -0.4 is 5.32 Å². The van der Waals surface area contributed by atoms with Crippen LogP contribution in [0.1, 0.15) is 23.9 Å². The van der Waals surface area contributed by atoms with Crippen LogP contribution in [0, 0.1) is 19.7 Å². The van der Waals surface area contributed by atoms with E-state index in [0.717, 1.165) is 29.1 Å². The van der Waals surface area contributed by atoms with Crippen molar-refractivity contribution in [3.63, 3.8) is 0 Å². The van der Waals surface area contributed by atoms with Crippen molar-refractivity contribution in [1.29, 1.82) is 0 Å². The molecule has 0 atom stereocenters. The lowest BCUT2D eigenvalue weighted by molar-refractivity contribution is 0.627. The smallest absolute Gasteiger partial charge is 0.159 e. The van der Waals surface area contributed by atoms with Gasteiger partial charge in [0.1, 0.15) is 5.82 Å². The fourth-order valence-electron chi connectivity index (χ4n) is 1.98. The van der Waals surface area contributed by atoms with Crippen LogP contribution >= 0.6 is 0 Å². The molecule has 1 aromatic carbocycles. The number of halogens is 1. The predicted molar refractivity (Wildman–Crippen MR) is 74.3 cm³/mol. The van der Waals surface area contributed by atoms with Gasteiger partial charge in [0, 0.05) is 17.8 Å². The number of hydrogen-bond donors (Lipinski definition) is 1. The van der Waals surface area contributed by atoms with Gasteiger partial charge >= 0.3 is 0 Å². The van der Waals surface area contributed by atoms with Crippen molar-refractivity contribution in [1.82, 2.24) is 15.3 Å². The van der Waals surface area contributed by atoms with E-state index < -0.39 is 0 Å². The molecule has 1 aromatic heterocycles. The lowest BCUT2D eigenvalue weighted by Gasteiger charge is -2.08. The summed E-state index contributed by atoms with van der Waals surface area (Å²) in [6, 6.07) is 6.64. The molecule has 0 amide bonds. The number of benzene rings is 1. The average Bonchev–Trinajstić information content (AvgIpc) is 2.35. The largest absolute Gasteiger partial charge is 0.311 e. The van der Waals surface area contributed by atoms with Gasteiger partial charge in [-0.15, -0.1) is 0 Å². The Morgan fingerprint density at radius 1 is 1.16 bits per heavy atom. The maximum Gasteiger partial charge on any atom is 0.159 e. The van der Waals surface area contributed by atoms with E-state index in [2.05, 4.69) is 22.2 Å². The van der Waals surface area contributed by atoms with Crippen molar-refractivity contribution in [3.05, 3.63) is 47.0 Å². The van der Waals surface area contributed by atoms with Gasteiger partial charge in [0.25, 0.3) is 0 Å². The Morgan fingerprint density at radius 3 is 2.63 bits per heavy atom. The molecule has 0 unspecified atom stereocenters. The van der Waals surface area contributed by atoms with E-state index in [1.807, 2.05) is 19.9 Å². The fourth-order valence-corrected chi connectivity index (χ4v) is 1.98. The molecular weight excluding hydrogens is 241 g/mol. The van der Waals surface area contributed by atoms with Crippen molar-refractivity contribution in [3.8, 4) is 11.4 Å². The van der Waals surface area contributed by atoms with Crippen LogP contribution in [-0.2, 0) is 6.54 Å². The van der Waals surface area contributed by atoms with Crippen LogP contribution in [0.15, 0.2) is 24.3 Å². The highest BCUT2D eigenvalue weighted by molar-refractivity contribution is 5.60. The molecule has 19 heavy (non-hydrogen) atoms. The molecule has 3 nitrogen and oxygen atoms in total. The van der Waals surface area contributed by atoms with E-state index in [-0.39, 0.29) is 5.82 Å². The van der Waals surface area contributed by atoms with E-state index in [9.17, 15) is 4.39 Å². The fraction of sp³-hybridized carbons (Fsp3) is 0.333. The monoisotopic (exact) mass is 259 g/mol. The van der Waals surface area contributed by atoms with Gasteiger partial charge in [-0.25, -0.2) is 14.4 Å². The molecule has 0 radical (unpaired) electrons. The third-order valence-corrected chi connectivity index (χ3v) is 2.89. The normalized spacial score (nSPS) is 10.7. The third-order valence-electron chi connectivity index (χ3n) is 2.89. The Labute approximate surface area is 112 Å². The first-order valence-electron chi connectivity index (χ1n) is 6.42. The quantitative estimate of drug-likeness (QED) is 0.917. The van der Waals surface area contributed by atoms with E-state index in [1.165, 1.54) is 12.1 Å². The zero-order valence-corrected chi connectivity index (χ0v) is 11.5. The van der Waals surface area contributed by atoms with E-state index in [0.29, 0.717) is 12.4 Å². The van der Waals surface area contributed by atoms with Crippen molar-refractivity contribution in [2.75, 3.05) is 6.54 Å². The number of nitrogens with one attached hydrogen (secondary N) is 1. The number of hydrogen-bond acceptors (Lipinski definition) is 3. The molecule has 1 heterocycles. The first kappa shape index (κ1) is 13.6. The first-order valence-corrected chi connectivity index (χ1v) is 6.42. The highest BCUT2D eigenvalue weighted by Gasteiger charge is 2.08. The summed E-state index contributed by atoms with van der Waals surface area (Å²) < 4.78 is 13.1. The van der Waals surface area contributed by atoms with Crippen molar-refractivity contribution < 1.29 is 4.39 Å². The molecule has 0 saturated carbocycles. The molecule has 0 fully saturated rings. The average molecular weight is 259 g/mol. The number of nitrogens with zero attached hydrogens (tertiary/aromatic N) is 2. The Hall–Kier alpha value is -1.81. The summed E-state index contributed by atoms with van der Waals surface area (Å²) in [6.45, 7) is 7.48. The van der Waals surface area contributed by atoms with Crippen LogP contribution in [0.4, 0.5) is 4.39 Å². The minimum Gasteiger partial charge on any atom is -0.311 e. The number of rotatable bonds is 4. The lowest BCUT2D eigenvalue weighted by Crippen LogP contribution is -2.13. The summed E-state index contributed by atoms with van der Waals surface area (Å²) in [6.07, 6.45) is 0. The Balaban J connectivity index is 2.41. The van der Waals surface area contributed by atoms with Crippen LogP contribution in [-0.4, -0.2) is 16.5 Å². The molecular formula is C15H18FN3. The van der Waals surface area contributed by atoms with Crippen molar-refractivity contribution in [2.24, 2.45) is 0 Å². The van der Waals surface area contributed by atoms with Gasteiger partial charge in [-0.2, -0.15) is 0 Å². The molecule has 0 saturated heterocycles. The SMILES string of the molecule is CCNCc1cc(C)nc(-c2ccc(F)cc2C)n1. The molecule has 2 aromatic rings. The third kappa shape index (κ3) is 3.35. The summed E-state index contributed by atoms with van der Waals surface area (Å²) in [7, 11) is 0. The predicted octanol–water partition coefficient (Wildman–Crippen LogP) is 3.01. The minimum atomic E-state index is -0.234. The van der Waals surface area contributed by atoms with Crippen LogP contribution in [0.2, 0.25) is 0 Å². The van der Waals surface area contributed by atoms with Gasteiger partial charge in [0.15, 0.2) is 5.82 Å². The highest BCUT2D eigenvalue weighted by Crippen LogP contribution is 2.21. The first-order chi connectivity index (χ1) is 9.10. The molecule has 4 heteroatoms. The Morgan fingerprint density at radius 2 is 1.95 bits per heavy atom. The number of aromatic nitrogens is 2. The van der Waals surface area contributed by atoms with Crippen molar-refractivity contribution in [2.45, 2.75) is 27.3 Å². The zero-order valence-electron chi connectivity index (χ0n) is 11.5. The second-order valence-electron chi connectivity index (χ2n) is 4.56. The summed E-state index contributed by atoms with van der Waals surface area (Å²) in [5, 5.41) is 3.24. The van der Waals surface area contributed by atoms with Crippen LogP contribution in [0.5, 0.6) is 0 Å². The molecule has 0 aliphatic heterocycles. The van der Waals surface area contributed by atoms with E-state index >= 15 is 0 Å². The standard InChI is InChI=1S/C15H18FN3/c1-4-17-9-13-8-11(3)18-15(19-13)14-6-5-12(16)7-10(14)2/h5-8,17H,4,9H2,1-3H3. The molecule has 0 aliphatic rings. The van der Waals surface area contributed by atoms with Gasteiger partial charge in [-0.05, 0) is 50.2 Å². The van der Waals surface area contributed by atoms with Gasteiger partial charge in [0.2, 0.25) is 0 Å². The molecule has 0 bridgehead atoms. The van der Waals surface area contributed by atoms with Gasteiger partial charge in [-0.1, -0.05) is 6.92 Å². The molecule has 2 rings (SSSR count). The second kappa shape index (κ2) is 5.89. The van der Waals surface area contributed by atoms with E-state index in [1.54, 1.807) is 6.07 Å². The highest BCUT2D eigenvalue weighted by atomic mass is 19.1. The minimum absolute atomic E-state index is 0.234.